The molecule has 1 fully saturated rings. The first-order valence-corrected chi connectivity index (χ1v) is 11.4. The van der Waals surface area contributed by atoms with Gasteiger partial charge in [0.15, 0.2) is 11.5 Å². The fourth-order valence-corrected chi connectivity index (χ4v) is 4.47. The summed E-state index contributed by atoms with van der Waals surface area (Å²) in [7, 11) is 0. The lowest BCUT2D eigenvalue weighted by atomic mass is 10.0. The largest absolute Gasteiger partial charge is 0.351 e. The Labute approximate surface area is 190 Å². The fraction of sp³-hybridized carbons (Fsp3) is 0.292. The number of carbonyl (C=O) groups excluding carboxylic acids is 3. The molecule has 0 unspecified atom stereocenters. The van der Waals surface area contributed by atoms with E-state index in [1.165, 1.54) is 11.8 Å². The highest BCUT2D eigenvalue weighted by atomic mass is 32.1. The summed E-state index contributed by atoms with van der Waals surface area (Å²) in [5.41, 5.74) is 1.73. The number of nitrogens with one attached hydrogen (secondary N) is 1. The van der Waals surface area contributed by atoms with Gasteiger partial charge in [-0.15, -0.1) is 5.10 Å². The quantitative estimate of drug-likeness (QED) is 0.547. The van der Waals surface area contributed by atoms with Gasteiger partial charge < -0.3 is 5.32 Å². The van der Waals surface area contributed by atoms with Crippen LogP contribution in [0.4, 0.5) is 5.69 Å². The van der Waals surface area contributed by atoms with Crippen LogP contribution in [0.2, 0.25) is 0 Å². The van der Waals surface area contributed by atoms with E-state index < -0.39 is 11.9 Å². The predicted molar refractivity (Wildman–Crippen MR) is 123 cm³/mol. The van der Waals surface area contributed by atoms with Gasteiger partial charge in [-0.25, -0.2) is 0 Å². The molecule has 1 atom stereocenters. The van der Waals surface area contributed by atoms with Crippen molar-refractivity contribution in [3.8, 4) is 0 Å². The fourth-order valence-electron chi connectivity index (χ4n) is 4.04. The number of ketones is 1. The molecule has 1 aliphatic carbocycles. The monoisotopic (exact) mass is 448 g/mol. The van der Waals surface area contributed by atoms with E-state index in [9.17, 15) is 14.4 Å². The van der Waals surface area contributed by atoms with Crippen LogP contribution in [0, 0.1) is 0 Å². The molecule has 1 aromatic heterocycles. The first kappa shape index (κ1) is 21.8. The van der Waals surface area contributed by atoms with Crippen molar-refractivity contribution in [1.29, 1.82) is 0 Å². The van der Waals surface area contributed by atoms with Crippen molar-refractivity contribution in [2.45, 2.75) is 44.7 Å². The second kappa shape index (κ2) is 9.82. The van der Waals surface area contributed by atoms with Crippen LogP contribution in [-0.2, 0) is 4.79 Å². The lowest BCUT2D eigenvalue weighted by molar-refractivity contribution is -0.123. The molecule has 0 bridgehead atoms. The number of hydrogen-bond donors (Lipinski definition) is 1. The summed E-state index contributed by atoms with van der Waals surface area (Å²) >= 11 is 1.07. The van der Waals surface area contributed by atoms with Gasteiger partial charge in [-0.2, -0.15) is 0 Å². The average molecular weight is 449 g/mol. The molecule has 0 spiro atoms. The van der Waals surface area contributed by atoms with E-state index >= 15 is 0 Å². The number of amides is 2. The van der Waals surface area contributed by atoms with E-state index in [0.717, 1.165) is 37.2 Å². The summed E-state index contributed by atoms with van der Waals surface area (Å²) < 4.78 is 3.81. The molecule has 32 heavy (non-hydrogen) atoms. The Balaban J connectivity index is 1.82. The molecule has 3 aromatic rings. The number of carbonyl (C=O) groups is 3. The third-order valence-electron chi connectivity index (χ3n) is 5.65. The summed E-state index contributed by atoms with van der Waals surface area (Å²) in [4.78, 5) is 40.6. The average Bonchev–Trinajstić information content (AvgIpc) is 3.52. The van der Waals surface area contributed by atoms with Crippen molar-refractivity contribution >= 4 is 34.8 Å². The maximum absolute atomic E-state index is 13.6. The second-order valence-corrected chi connectivity index (χ2v) is 8.48. The number of aromatic nitrogens is 2. The summed E-state index contributed by atoms with van der Waals surface area (Å²) in [5.74, 6) is -0.830. The van der Waals surface area contributed by atoms with E-state index in [2.05, 4.69) is 14.9 Å². The van der Waals surface area contributed by atoms with E-state index in [1.807, 2.05) is 30.3 Å². The molecule has 7 nitrogen and oxygen atoms in total. The molecule has 2 aromatic carbocycles. The topological polar surface area (TPSA) is 92.3 Å². The molecule has 164 valence electrons. The zero-order chi connectivity index (χ0) is 22.5. The molecule has 1 N–H and O–H groups in total. The molecule has 1 heterocycles. The van der Waals surface area contributed by atoms with Crippen LogP contribution in [0.3, 0.4) is 0 Å². The van der Waals surface area contributed by atoms with Crippen LogP contribution in [0.5, 0.6) is 0 Å². The maximum Gasteiger partial charge on any atom is 0.280 e. The van der Waals surface area contributed by atoms with Gasteiger partial charge in [0.05, 0.1) is 0 Å². The van der Waals surface area contributed by atoms with Crippen LogP contribution in [0.1, 0.15) is 65.1 Å². The van der Waals surface area contributed by atoms with E-state index in [0.29, 0.717) is 16.8 Å². The van der Waals surface area contributed by atoms with Crippen molar-refractivity contribution in [2.75, 3.05) is 4.90 Å². The van der Waals surface area contributed by atoms with Crippen molar-refractivity contribution in [2.24, 2.45) is 0 Å². The first-order valence-electron chi connectivity index (χ1n) is 10.6. The van der Waals surface area contributed by atoms with Crippen LogP contribution >= 0.6 is 11.5 Å². The minimum absolute atomic E-state index is 0.0927. The molecular formula is C24H24N4O3S. The first-order chi connectivity index (χ1) is 15.5. The summed E-state index contributed by atoms with van der Waals surface area (Å²) in [6.45, 7) is 1.47. The number of Topliss-reactive ketones (excluding diaryl/α,β-unsaturated/α-hetero) is 1. The highest BCUT2D eigenvalue weighted by Crippen LogP contribution is 2.31. The minimum atomic E-state index is -0.923. The molecule has 1 saturated carbocycles. The van der Waals surface area contributed by atoms with Gasteiger partial charge in [-0.1, -0.05) is 59.8 Å². The Morgan fingerprint density at radius 1 is 1.06 bits per heavy atom. The molecular weight excluding hydrogens is 424 g/mol. The van der Waals surface area contributed by atoms with E-state index in [-0.39, 0.29) is 23.4 Å². The smallest absolute Gasteiger partial charge is 0.280 e. The van der Waals surface area contributed by atoms with Gasteiger partial charge in [0.25, 0.3) is 5.91 Å². The van der Waals surface area contributed by atoms with Gasteiger partial charge in [-0.3, -0.25) is 19.3 Å². The lowest BCUT2D eigenvalue weighted by Crippen LogP contribution is -2.46. The van der Waals surface area contributed by atoms with E-state index in [4.69, 9.17) is 0 Å². The van der Waals surface area contributed by atoms with Gasteiger partial charge >= 0.3 is 0 Å². The third kappa shape index (κ3) is 4.75. The number of anilines is 1. The number of rotatable bonds is 7. The minimum Gasteiger partial charge on any atom is -0.351 e. The van der Waals surface area contributed by atoms with Crippen LogP contribution in [-0.4, -0.2) is 33.2 Å². The van der Waals surface area contributed by atoms with Gasteiger partial charge in [0, 0.05) is 22.7 Å². The maximum atomic E-state index is 13.6. The van der Waals surface area contributed by atoms with E-state index in [1.54, 1.807) is 29.6 Å². The van der Waals surface area contributed by atoms with Crippen LogP contribution < -0.4 is 10.2 Å². The summed E-state index contributed by atoms with van der Waals surface area (Å²) in [5, 5.41) is 8.63. The van der Waals surface area contributed by atoms with Gasteiger partial charge in [0.2, 0.25) is 5.91 Å². The molecule has 8 heteroatoms. The zero-order valence-corrected chi connectivity index (χ0v) is 18.5. The number of hydrogen-bond acceptors (Lipinski definition) is 6. The Hall–Kier alpha value is -3.39. The Kier molecular flexibility index (Phi) is 6.70. The van der Waals surface area contributed by atoms with Crippen molar-refractivity contribution in [3.63, 3.8) is 0 Å². The van der Waals surface area contributed by atoms with Crippen molar-refractivity contribution in [1.82, 2.24) is 14.9 Å². The molecule has 0 aliphatic heterocycles. The predicted octanol–water partition coefficient (Wildman–Crippen LogP) is 4.19. The van der Waals surface area contributed by atoms with Crippen LogP contribution in [0.25, 0.3) is 0 Å². The molecule has 1 aliphatic rings. The van der Waals surface area contributed by atoms with Crippen molar-refractivity contribution < 1.29 is 14.4 Å². The molecule has 2 amide bonds. The molecule has 0 radical (unpaired) electrons. The Morgan fingerprint density at radius 2 is 1.81 bits per heavy atom. The molecule has 4 rings (SSSR count). The van der Waals surface area contributed by atoms with Gasteiger partial charge in [-0.05, 0) is 49.0 Å². The summed E-state index contributed by atoms with van der Waals surface area (Å²) in [6.07, 6.45) is 4.01. The number of nitrogens with zero attached hydrogens (tertiary/aromatic N) is 3. The Bertz CT molecular complexity index is 1100. The van der Waals surface area contributed by atoms with Crippen LogP contribution in [0.15, 0.2) is 60.0 Å². The highest BCUT2D eigenvalue weighted by molar-refractivity contribution is 7.03. The Morgan fingerprint density at radius 3 is 2.47 bits per heavy atom. The lowest BCUT2D eigenvalue weighted by Gasteiger charge is -2.32. The third-order valence-corrected chi connectivity index (χ3v) is 6.16. The normalized spacial score (nSPS) is 14.7. The second-order valence-electron chi connectivity index (χ2n) is 7.88. The number of benzene rings is 2. The standard InChI is InChI=1S/C24H24N4O3S/c1-16(29)18-10-7-13-20(14-18)28(24(31)21-15-32-27-26-21)22(17-8-3-2-4-9-17)23(30)25-19-11-5-6-12-19/h2-4,7-10,13-15,19,22H,5-6,11-12H2,1H3,(H,25,30)/t22-/m0/s1. The SMILES string of the molecule is CC(=O)c1cccc(N(C(=O)c2csnn2)[C@H](C(=O)NC2CCCC2)c2ccccc2)c1. The molecule has 0 saturated heterocycles. The van der Waals surface area contributed by atoms with Crippen molar-refractivity contribution in [3.05, 3.63) is 76.8 Å². The zero-order valence-electron chi connectivity index (χ0n) is 17.7. The highest BCUT2D eigenvalue weighted by Gasteiger charge is 2.35. The van der Waals surface area contributed by atoms with Gasteiger partial charge in [0.1, 0.15) is 6.04 Å². The summed E-state index contributed by atoms with van der Waals surface area (Å²) in [6, 6.07) is 15.1.